The van der Waals surface area contributed by atoms with Crippen LogP contribution in [0.25, 0.3) is 6.08 Å². The van der Waals surface area contributed by atoms with E-state index in [9.17, 15) is 4.79 Å². The molecule has 33 heavy (non-hydrogen) atoms. The number of anilines is 1. The smallest absolute Gasteiger partial charge is 0.270 e. The van der Waals surface area contributed by atoms with E-state index in [1.807, 2.05) is 115 Å². The molecule has 0 aromatic heterocycles. The normalized spacial score (nSPS) is 18.5. The minimum absolute atomic E-state index is 0.326. The molecule has 1 aliphatic heterocycles. The van der Waals surface area contributed by atoms with E-state index in [1.54, 1.807) is 17.0 Å². The molecular weight excluding hydrogens is 409 g/mol. The molecule has 0 N–H and O–H groups in total. The average Bonchev–Trinajstić information content (AvgIpc) is 3.09. The van der Waals surface area contributed by atoms with Crippen molar-refractivity contribution in [3.05, 3.63) is 144 Å². The van der Waals surface area contributed by atoms with Gasteiger partial charge in [0.25, 0.3) is 5.91 Å². The van der Waals surface area contributed by atoms with Gasteiger partial charge in [0, 0.05) is 5.56 Å². The fourth-order valence-corrected chi connectivity index (χ4v) is 4.57. The lowest BCUT2D eigenvalue weighted by Gasteiger charge is -2.28. The lowest BCUT2D eigenvalue weighted by Crippen LogP contribution is -2.40. The number of halogens is 1. The summed E-state index contributed by atoms with van der Waals surface area (Å²) in [7, 11) is 0. The minimum atomic E-state index is -2.21. The molecule has 2 atom stereocenters. The maximum Gasteiger partial charge on any atom is 0.270 e. The molecule has 1 amide bonds. The van der Waals surface area contributed by atoms with E-state index in [1.165, 1.54) is 0 Å². The van der Waals surface area contributed by atoms with Gasteiger partial charge in [-0.25, -0.2) is 4.39 Å². The first-order chi connectivity index (χ1) is 16.2. The molecule has 5 rings (SSSR count). The number of amides is 1. The SMILES string of the molecule is O=C1N(Cc2ccccc2)c2ccccc2C1(F)C(/C=C/c1ccccc1)c1ccccc1. The predicted octanol–water partition coefficient (Wildman–Crippen LogP) is 6.90. The average molecular weight is 434 g/mol. The Labute approximate surface area is 193 Å². The van der Waals surface area contributed by atoms with Crippen LogP contribution >= 0.6 is 0 Å². The van der Waals surface area contributed by atoms with Crippen LogP contribution in [0.5, 0.6) is 0 Å². The number of hydrogen-bond donors (Lipinski definition) is 0. The van der Waals surface area contributed by atoms with Crippen molar-refractivity contribution in [2.45, 2.75) is 18.1 Å². The van der Waals surface area contributed by atoms with Crippen LogP contribution in [-0.4, -0.2) is 5.91 Å². The Kier molecular flexibility index (Phi) is 5.62. The van der Waals surface area contributed by atoms with Gasteiger partial charge in [-0.1, -0.05) is 121 Å². The molecule has 0 saturated heterocycles. The summed E-state index contributed by atoms with van der Waals surface area (Å²) in [6, 6.07) is 36.1. The first-order valence-corrected chi connectivity index (χ1v) is 11.1. The van der Waals surface area contributed by atoms with Gasteiger partial charge in [-0.05, 0) is 22.8 Å². The van der Waals surface area contributed by atoms with Gasteiger partial charge >= 0.3 is 0 Å². The van der Waals surface area contributed by atoms with Crippen LogP contribution in [0, 0.1) is 0 Å². The van der Waals surface area contributed by atoms with Crippen molar-refractivity contribution in [1.82, 2.24) is 0 Å². The van der Waals surface area contributed by atoms with E-state index in [4.69, 9.17) is 0 Å². The van der Waals surface area contributed by atoms with Gasteiger partial charge in [0.15, 0.2) is 0 Å². The second kappa shape index (κ2) is 8.87. The predicted molar refractivity (Wildman–Crippen MR) is 132 cm³/mol. The van der Waals surface area contributed by atoms with E-state index in [2.05, 4.69) is 0 Å². The van der Waals surface area contributed by atoms with Crippen molar-refractivity contribution in [1.29, 1.82) is 0 Å². The van der Waals surface area contributed by atoms with Crippen molar-refractivity contribution >= 4 is 17.7 Å². The number of nitrogens with zero attached hydrogens (tertiary/aromatic N) is 1. The van der Waals surface area contributed by atoms with E-state index in [0.29, 0.717) is 17.8 Å². The van der Waals surface area contributed by atoms with Crippen LogP contribution in [0.4, 0.5) is 10.1 Å². The van der Waals surface area contributed by atoms with Gasteiger partial charge in [-0.2, -0.15) is 0 Å². The highest BCUT2D eigenvalue weighted by Gasteiger charge is 2.56. The lowest BCUT2D eigenvalue weighted by atomic mass is 9.79. The van der Waals surface area contributed by atoms with Gasteiger partial charge < -0.3 is 4.90 Å². The van der Waals surface area contributed by atoms with Crippen LogP contribution in [-0.2, 0) is 17.0 Å². The highest BCUT2D eigenvalue weighted by molar-refractivity contribution is 6.08. The van der Waals surface area contributed by atoms with Crippen molar-refractivity contribution in [3.8, 4) is 0 Å². The van der Waals surface area contributed by atoms with Crippen molar-refractivity contribution in [2.75, 3.05) is 4.90 Å². The van der Waals surface area contributed by atoms with E-state index >= 15 is 4.39 Å². The first-order valence-electron chi connectivity index (χ1n) is 11.1. The van der Waals surface area contributed by atoms with E-state index in [-0.39, 0.29) is 0 Å². The van der Waals surface area contributed by atoms with Gasteiger partial charge in [-0.15, -0.1) is 0 Å². The molecule has 0 radical (unpaired) electrons. The van der Waals surface area contributed by atoms with Crippen molar-refractivity contribution in [2.24, 2.45) is 0 Å². The Morgan fingerprint density at radius 2 is 1.33 bits per heavy atom. The Morgan fingerprint density at radius 1 is 0.758 bits per heavy atom. The Hall–Kier alpha value is -3.98. The molecule has 2 nitrogen and oxygen atoms in total. The summed E-state index contributed by atoms with van der Waals surface area (Å²) in [6.07, 6.45) is 3.72. The molecule has 0 spiro atoms. The second-order valence-corrected chi connectivity index (χ2v) is 8.26. The molecule has 1 heterocycles. The number of alkyl halides is 1. The summed E-state index contributed by atoms with van der Waals surface area (Å²) >= 11 is 0. The van der Waals surface area contributed by atoms with Gasteiger partial charge in [-0.3, -0.25) is 4.79 Å². The molecular formula is C30H24FNO. The van der Waals surface area contributed by atoms with Crippen LogP contribution in [0.2, 0.25) is 0 Å². The summed E-state index contributed by atoms with van der Waals surface area (Å²) in [4.78, 5) is 15.4. The molecule has 0 fully saturated rings. The summed E-state index contributed by atoms with van der Waals surface area (Å²) in [6.45, 7) is 0.326. The van der Waals surface area contributed by atoms with Gasteiger partial charge in [0.1, 0.15) is 0 Å². The van der Waals surface area contributed by atoms with Crippen LogP contribution in [0.1, 0.15) is 28.2 Å². The number of para-hydroxylation sites is 1. The summed E-state index contributed by atoms with van der Waals surface area (Å²) < 4.78 is 17.3. The van der Waals surface area contributed by atoms with Crippen molar-refractivity contribution in [3.63, 3.8) is 0 Å². The third kappa shape index (κ3) is 3.87. The maximum atomic E-state index is 17.3. The molecule has 162 valence electrons. The highest BCUT2D eigenvalue weighted by atomic mass is 19.1. The quantitative estimate of drug-likeness (QED) is 0.324. The molecule has 0 bridgehead atoms. The Balaban J connectivity index is 1.62. The number of fused-ring (bicyclic) bond motifs is 1. The molecule has 4 aromatic rings. The van der Waals surface area contributed by atoms with E-state index in [0.717, 1.165) is 16.7 Å². The van der Waals surface area contributed by atoms with Crippen LogP contribution < -0.4 is 4.90 Å². The zero-order valence-corrected chi connectivity index (χ0v) is 18.1. The monoisotopic (exact) mass is 433 g/mol. The number of carbonyl (C=O) groups is 1. The summed E-state index contributed by atoms with van der Waals surface area (Å²) in [5.41, 5.74) is 1.51. The van der Waals surface area contributed by atoms with Gasteiger partial charge in [0.2, 0.25) is 5.67 Å². The topological polar surface area (TPSA) is 20.3 Å². The summed E-state index contributed by atoms with van der Waals surface area (Å²) in [5.74, 6) is -1.30. The number of benzene rings is 4. The first kappa shape index (κ1) is 20.9. The Bertz CT molecular complexity index is 1270. The zero-order valence-electron chi connectivity index (χ0n) is 18.1. The summed E-state index contributed by atoms with van der Waals surface area (Å²) in [5, 5.41) is 0. The zero-order chi connectivity index (χ0) is 22.7. The van der Waals surface area contributed by atoms with Gasteiger partial charge in [0.05, 0.1) is 18.2 Å². The molecule has 2 unspecified atom stereocenters. The van der Waals surface area contributed by atoms with E-state index < -0.39 is 17.5 Å². The molecule has 0 saturated carbocycles. The molecule has 0 aliphatic carbocycles. The number of allylic oxidation sites excluding steroid dienone is 1. The van der Waals surface area contributed by atoms with Crippen LogP contribution in [0.3, 0.4) is 0 Å². The largest absolute Gasteiger partial charge is 0.304 e. The highest BCUT2D eigenvalue weighted by Crippen LogP contribution is 2.52. The molecule has 1 aliphatic rings. The fraction of sp³-hybridized carbons (Fsp3) is 0.100. The molecule has 3 heteroatoms. The minimum Gasteiger partial charge on any atom is -0.304 e. The number of carbonyl (C=O) groups excluding carboxylic acids is 1. The maximum absolute atomic E-state index is 17.3. The Morgan fingerprint density at radius 3 is 2.03 bits per heavy atom. The third-order valence-electron chi connectivity index (χ3n) is 6.19. The fourth-order valence-electron chi connectivity index (χ4n) is 4.57. The second-order valence-electron chi connectivity index (χ2n) is 8.26. The number of rotatable bonds is 6. The third-order valence-corrected chi connectivity index (χ3v) is 6.19. The van der Waals surface area contributed by atoms with Crippen molar-refractivity contribution < 1.29 is 9.18 Å². The lowest BCUT2D eigenvalue weighted by molar-refractivity contribution is -0.130. The standard InChI is InChI=1S/C30H24FNO/c31-30(26(25-16-8-3-9-17-25)21-20-23-12-4-1-5-13-23)27-18-10-11-19-28(27)32(29(30)33)22-24-14-6-2-7-15-24/h1-21,26H,22H2/b21-20+. The van der Waals surface area contributed by atoms with Crippen LogP contribution in [0.15, 0.2) is 121 Å². The number of hydrogen-bond acceptors (Lipinski definition) is 1. The molecule has 4 aromatic carbocycles.